The molecule has 642 valence electrons. The van der Waals surface area contributed by atoms with Crippen molar-refractivity contribution in [2.45, 2.75) is 6.85 Å². The van der Waals surface area contributed by atoms with Crippen LogP contribution >= 0.6 is 11.3 Å². The van der Waals surface area contributed by atoms with Gasteiger partial charge in [0.1, 0.15) is 17.7 Å². The molecule has 0 saturated carbocycles. The predicted molar refractivity (Wildman–Crippen MR) is 574 cm³/mol. The summed E-state index contributed by atoms with van der Waals surface area (Å²) in [6.45, 7) is 16.1. The minimum Gasteiger partial charge on any atom is -0.454 e. The first-order valence-electron chi connectivity index (χ1n) is 75.8. The highest BCUT2D eigenvalue weighted by Gasteiger charge is 2.39. The van der Waals surface area contributed by atoms with Crippen molar-refractivity contribution >= 4 is 239 Å². The standard InChI is InChI=1S/C63H36N6S.C62H34N6O/c1-37-31-34-55-47(35-37)45-32-33-46-44-23-9-16-30-56(44)70-63(46)60(45)69(55)62-59(67-51-26-12-5-19-40(51)41-20-6-13-27-52(41)67)48(36-64)58(66-49-24-10-3-17-38(49)39-18-4-11-25-50(39)66)57(65-2)61(62)68-53-28-14-7-21-42(53)43-22-8-15-29-54(43)68;1-64-56-57(65-48-26-10-2-18-37(48)38-19-3-11-27-49(38)65)47(36-63)58(66-50-28-12-4-20-39(50)40-21-5-13-29-51(40)66)61(60(56)67-52-30-14-6-22-41(52)42-23-7-15-31-53(42)67)68-54-32-16-8-24-43(54)45-34-35-46-44-25-9-17-33-55(44)69-62(46)59(45)68/h3-35H,1H3;2-35H/i1D3,3D,4D,5D,6D,7D,8D,9D,10D,11D,12D,13D,14D,15D,16D,17D,18D,19D,20D,21D,22D,23D,24D,25D,26D,27D,28D,29D,30D,31D,32D,33D,34D,35D;2D,3D,4D,5D,6D,7D,8D,9D,10D,11D,12D,13D,14D,15D,16D,17D,18D,19D,20D,21D,22D,23D,24D,25D,26D,27D,28D,29D,30D,31D,32D,33D,34D,35D. The summed E-state index contributed by atoms with van der Waals surface area (Å²) in [5, 5.41) is 10.5. The minimum atomic E-state index is -3.57. The number of fused-ring (bicyclic) bond motifs is 32. The van der Waals surface area contributed by atoms with Gasteiger partial charge in [-0.1, -0.05) is 302 Å². The van der Waals surface area contributed by atoms with Crippen molar-refractivity contribution in [3.05, 3.63) is 444 Å². The van der Waals surface area contributed by atoms with Gasteiger partial charge in [0.25, 0.3) is 0 Å². The van der Waals surface area contributed by atoms with Crippen LogP contribution in [0.15, 0.2) is 409 Å². The molecule has 0 aliphatic heterocycles. The molecule has 0 bridgehead atoms. The van der Waals surface area contributed by atoms with Crippen molar-refractivity contribution in [1.82, 2.24) is 36.5 Å². The molecule has 0 fully saturated rings. The maximum absolute atomic E-state index is 12.9. The number of hydrogen-bond acceptors (Lipinski definition) is 4. The normalized spacial score (nSPS) is 19.2. The van der Waals surface area contributed by atoms with Crippen LogP contribution in [0, 0.1) is 42.7 Å². The van der Waals surface area contributed by atoms with E-state index in [0.717, 1.165) is 0 Å². The third-order valence-corrected chi connectivity index (χ3v) is 25.3. The van der Waals surface area contributed by atoms with E-state index in [9.17, 15) is 93.6 Å². The fourth-order valence-electron chi connectivity index (χ4n) is 19.0. The number of furan rings is 1. The van der Waals surface area contributed by atoms with E-state index < -0.39 is 702 Å². The van der Waals surface area contributed by atoms with E-state index in [2.05, 4.69) is 9.69 Å². The number of hydrogen-bond donors (Lipinski definition) is 0. The topological polar surface area (TPSA) is 109 Å². The second-order valence-electron chi connectivity index (χ2n) is 30.7. The first-order valence-corrected chi connectivity index (χ1v) is 41.6. The Morgan fingerprint density at radius 1 is 0.252 bits per heavy atom. The van der Waals surface area contributed by atoms with Gasteiger partial charge in [-0.3, -0.25) is 0 Å². The molecule has 20 aromatic carbocycles. The molecule has 0 unspecified atom stereocenters. The van der Waals surface area contributed by atoms with Crippen molar-refractivity contribution in [3.63, 3.8) is 0 Å². The van der Waals surface area contributed by atoms with Gasteiger partial charge in [0.05, 0.1) is 255 Å². The van der Waals surface area contributed by atoms with E-state index in [1.54, 1.807) is 0 Å². The Morgan fingerprint density at radius 2 is 0.518 bits per heavy atom. The maximum Gasteiger partial charge on any atom is 0.237 e. The lowest BCUT2D eigenvalue weighted by atomic mass is 10.0. The molecule has 0 aliphatic carbocycles. The Morgan fingerprint density at radius 3 is 0.863 bits per heavy atom. The third kappa shape index (κ3) is 10.5. The van der Waals surface area contributed by atoms with Crippen LogP contribution in [0.2, 0.25) is 0 Å². The molecule has 0 N–H and O–H groups in total. The molecule has 10 aromatic heterocycles. The van der Waals surface area contributed by atoms with Crippen molar-refractivity contribution in [1.29, 1.82) is 10.5 Å². The van der Waals surface area contributed by atoms with E-state index in [4.69, 9.17) is 30.5 Å². The van der Waals surface area contributed by atoms with E-state index >= 15 is 0 Å². The highest BCUT2D eigenvalue weighted by molar-refractivity contribution is 7.26. The summed E-state index contributed by atoms with van der Waals surface area (Å²) in [5.74, 6) is 0. The smallest absolute Gasteiger partial charge is 0.237 e. The van der Waals surface area contributed by atoms with Crippen LogP contribution in [-0.2, 0) is 0 Å². The molecule has 30 aromatic rings. The highest BCUT2D eigenvalue weighted by Crippen LogP contribution is 2.57. The van der Waals surface area contributed by atoms with Crippen LogP contribution < -0.4 is 0 Å². The Balaban J connectivity index is 0.000000179. The van der Waals surface area contributed by atoms with E-state index in [-0.39, 0.29) is 0 Å². The largest absolute Gasteiger partial charge is 0.454 e. The molecule has 0 atom stereocenters. The minimum absolute atomic E-state index is 0.403. The summed E-state index contributed by atoms with van der Waals surface area (Å²) in [6, 6.07) is -69.0. The lowest BCUT2D eigenvalue weighted by Crippen LogP contribution is -2.14. The number of nitrogens with zero attached hydrogens (tertiary/aromatic N) is 12. The number of para-hydroxylation sites is 14. The van der Waals surface area contributed by atoms with Crippen LogP contribution in [0.4, 0.5) is 11.4 Å². The number of benzene rings is 20. The second kappa shape index (κ2) is 29.4. The van der Waals surface area contributed by atoms with Gasteiger partial charge in [-0.15, -0.1) is 11.3 Å². The Bertz CT molecular complexity index is 14100. The van der Waals surface area contributed by atoms with E-state index in [1.807, 2.05) is 12.1 Å². The van der Waals surface area contributed by atoms with Gasteiger partial charge in [0, 0.05) is 117 Å². The molecule has 0 radical (unpaired) electrons. The summed E-state index contributed by atoms with van der Waals surface area (Å²) in [7, 11) is 0. The zero-order valence-electron chi connectivity index (χ0n) is 139. The second-order valence-corrected chi connectivity index (χ2v) is 31.7. The Kier molecular flexibility index (Phi) is 7.53. The molecule has 14 heteroatoms. The molecule has 10 heterocycles. The van der Waals surface area contributed by atoms with E-state index in [0.29, 0.717) is 47.9 Å². The summed E-state index contributed by atoms with van der Waals surface area (Å²) >= 11 is 0.407. The SMILES string of the molecule is [2H]c1c([2H])c([2H])c2c(oc3c2c([2H])c([2H])c2c4c([2H])c([2H])c([2H])c([2H])c4n(-c4c(-n5c6c([2H])c([2H])c([2H])c([2H])c6c6c([2H])c([2H])c([2H])c([2H])c65)c(C#N)c(-n5c6c([2H])c([2H])c([2H])c([2H])c6c6c([2H])c([2H])c([2H])c([2H])c65)c([N+]#[C-])c4-n4c5c([2H])c([2H])c([2H])c([2H])c5c5c([2H])c([2H])c([2H])c([2H])c54)c32)c1[2H].[2H]c1c([2H])c([2H])c2c(sc3c2c([2H])c([2H])c2c4c([2H])c(C([2H])([2H])[2H])c([2H])c([2H])c4n(-c4c(-n5c6c([2H])c([2H])c([2H])c([2H])c6c6c([2H])c([2H])c([2H])c([2H])c65)c(C#N)c(-n5c6c([2H])c([2H])c([2H])c([2H])c6c6c([2H])c([2H])c([2H])c([2H])c65)c([N+]#[C-])c4-n4c5c([2H])c([2H])c([2H])c([2H])c5c5c([2H])c([2H])c([2H])c([2H])c54)c32)c1[2H]. The average molecular weight is 1860 g/mol. The number of thiophene rings is 1. The molecular formula is C125H70N12OS. The quantitative estimate of drug-likeness (QED) is 0.141. The van der Waals surface area contributed by atoms with Crippen LogP contribution in [0.1, 0.15) is 113 Å². The number of aromatic nitrogens is 8. The van der Waals surface area contributed by atoms with Crippen LogP contribution in [0.3, 0.4) is 0 Å². The Hall–Kier alpha value is -19.2. The molecule has 139 heavy (non-hydrogen) atoms. The molecule has 30 rings (SSSR count). The van der Waals surface area contributed by atoms with Gasteiger partial charge in [0.2, 0.25) is 11.4 Å². The molecule has 13 nitrogen and oxygen atoms in total. The first kappa shape index (κ1) is 35.6. The summed E-state index contributed by atoms with van der Waals surface area (Å²) < 4.78 is 673. The molecule has 0 amide bonds. The van der Waals surface area contributed by atoms with Gasteiger partial charge in [-0.25, -0.2) is 9.69 Å². The summed E-state index contributed by atoms with van der Waals surface area (Å²) in [4.78, 5) is 8.04. The van der Waals surface area contributed by atoms with Gasteiger partial charge in [0.15, 0.2) is 5.58 Å². The molecule has 0 spiro atoms. The average Bonchev–Trinajstić information content (AvgIpc) is 1.49. The maximum atomic E-state index is 12.9. The van der Waals surface area contributed by atoms with Gasteiger partial charge in [-0.2, -0.15) is 10.5 Å². The zero-order chi connectivity index (χ0) is 153. The third-order valence-electron chi connectivity index (χ3n) is 24.2. The van der Waals surface area contributed by atoms with Crippen LogP contribution in [0.25, 0.3) is 272 Å². The summed E-state index contributed by atoms with van der Waals surface area (Å²) in [6.07, 6.45) is 0. The lowest BCUT2D eigenvalue weighted by molar-refractivity contribution is 0.671. The van der Waals surface area contributed by atoms with Crippen molar-refractivity contribution in [2.24, 2.45) is 0 Å². The van der Waals surface area contributed by atoms with Crippen molar-refractivity contribution < 1.29 is 100 Å². The fourth-order valence-corrected chi connectivity index (χ4v) is 20.2. The highest BCUT2D eigenvalue weighted by atomic mass is 32.1. The predicted octanol–water partition coefficient (Wildman–Crippen LogP) is 33.6. The van der Waals surface area contributed by atoms with Gasteiger partial charge < -0.3 is 41.0 Å². The molecule has 0 aliphatic rings. The van der Waals surface area contributed by atoms with Gasteiger partial charge in [-0.05, 0) is 116 Å². The number of rotatable bonds is 8. The molecule has 0 saturated heterocycles. The van der Waals surface area contributed by atoms with Crippen molar-refractivity contribution in [3.8, 4) is 57.6 Å². The van der Waals surface area contributed by atoms with Gasteiger partial charge >= 0.3 is 0 Å². The first-order chi connectivity index (χ1) is 97.9. The lowest BCUT2D eigenvalue weighted by Gasteiger charge is -2.27. The molecular weight excluding hydrogens is 1720 g/mol. The monoisotopic (exact) mass is 1860 g/mol. The van der Waals surface area contributed by atoms with E-state index in [1.165, 1.54) is 0 Å². The summed E-state index contributed by atoms with van der Waals surface area (Å²) in [5.41, 5.74) is -33.0. The van der Waals surface area contributed by atoms with Crippen molar-refractivity contribution in [2.75, 3.05) is 0 Å². The van der Waals surface area contributed by atoms with Crippen LogP contribution in [-0.4, -0.2) is 36.5 Å². The Labute approximate surface area is 894 Å². The fraction of sp³-hybridized carbons (Fsp3) is 0.00800. The van der Waals surface area contributed by atoms with Crippen LogP contribution in [0.5, 0.6) is 0 Å². The number of nitriles is 2. The zero-order valence-corrected chi connectivity index (χ0v) is 69.5.